The van der Waals surface area contributed by atoms with E-state index >= 15 is 0 Å². The van der Waals surface area contributed by atoms with Crippen LogP contribution in [0, 0.1) is 6.92 Å². The summed E-state index contributed by atoms with van der Waals surface area (Å²) < 4.78 is 24.3. The number of nitrogens with one attached hydrogen (secondary N) is 1. The fraction of sp³-hybridized carbons (Fsp3) is 0.381. The summed E-state index contributed by atoms with van der Waals surface area (Å²) in [6.45, 7) is 9.48. The first-order chi connectivity index (χ1) is 12.8. The van der Waals surface area contributed by atoms with Crippen molar-refractivity contribution < 1.29 is 13.2 Å². The molecule has 0 aliphatic rings. The minimum absolute atomic E-state index is 0.205. The van der Waals surface area contributed by atoms with E-state index in [1.54, 1.807) is 26.0 Å². The average molecular weight is 389 g/mol. The van der Waals surface area contributed by atoms with Crippen molar-refractivity contribution in [1.29, 1.82) is 0 Å². The molecule has 2 rings (SSSR count). The molecule has 0 saturated heterocycles. The van der Waals surface area contributed by atoms with Gasteiger partial charge >= 0.3 is 0 Å². The lowest BCUT2D eigenvalue weighted by atomic mass is 10.2. The van der Waals surface area contributed by atoms with Gasteiger partial charge in [0.15, 0.2) is 9.84 Å². The van der Waals surface area contributed by atoms with Gasteiger partial charge in [-0.25, -0.2) is 8.42 Å². The molecular weight excluding hydrogens is 360 g/mol. The highest BCUT2D eigenvalue weighted by Crippen LogP contribution is 2.17. The van der Waals surface area contributed by atoms with Gasteiger partial charge in [0.05, 0.1) is 10.1 Å². The highest BCUT2D eigenvalue weighted by molar-refractivity contribution is 7.92. The second kappa shape index (κ2) is 9.04. The number of carbonyl (C=O) groups excluding carboxylic acids is 1. The van der Waals surface area contributed by atoms with E-state index in [0.29, 0.717) is 18.7 Å². The minimum atomic E-state index is -3.32. The van der Waals surface area contributed by atoms with Crippen molar-refractivity contribution in [2.45, 2.75) is 37.8 Å². The quantitative estimate of drug-likeness (QED) is 0.752. The van der Waals surface area contributed by atoms with E-state index in [1.165, 1.54) is 17.7 Å². The van der Waals surface area contributed by atoms with E-state index in [-0.39, 0.29) is 10.8 Å². The van der Waals surface area contributed by atoms with Crippen molar-refractivity contribution in [3.05, 3.63) is 59.7 Å². The second-order valence-electron chi connectivity index (χ2n) is 6.79. The van der Waals surface area contributed by atoms with Crippen molar-refractivity contribution >= 4 is 21.4 Å². The molecule has 1 amide bonds. The lowest BCUT2D eigenvalue weighted by Gasteiger charge is -2.23. The molecule has 0 radical (unpaired) electrons. The number of amides is 1. The lowest BCUT2D eigenvalue weighted by molar-refractivity contribution is 0.0954. The molecule has 2 aromatic carbocycles. The molecule has 0 aliphatic carbocycles. The Labute approximate surface area is 162 Å². The topological polar surface area (TPSA) is 66.5 Å². The van der Waals surface area contributed by atoms with Crippen LogP contribution in [0.3, 0.4) is 0 Å². The van der Waals surface area contributed by atoms with E-state index in [2.05, 4.69) is 42.3 Å². The first-order valence-corrected chi connectivity index (χ1v) is 10.7. The standard InChI is InChI=1S/C21H28N2O3S/c1-5-23(19-8-6-7-17(4)15-19)14-13-22-21(24)18-9-11-20(12-10-18)27(25,26)16(2)3/h6-12,15-16H,5,13-14H2,1-4H3,(H,22,24). The van der Waals surface area contributed by atoms with Crippen LogP contribution in [0.1, 0.15) is 36.7 Å². The molecule has 146 valence electrons. The molecule has 0 saturated carbocycles. The van der Waals surface area contributed by atoms with Crippen molar-refractivity contribution in [1.82, 2.24) is 5.32 Å². The molecule has 0 fully saturated rings. The van der Waals surface area contributed by atoms with E-state index in [9.17, 15) is 13.2 Å². The van der Waals surface area contributed by atoms with Crippen LogP contribution in [0.5, 0.6) is 0 Å². The third kappa shape index (κ3) is 5.32. The molecule has 0 aliphatic heterocycles. The molecule has 6 heteroatoms. The van der Waals surface area contributed by atoms with E-state index in [4.69, 9.17) is 0 Å². The highest BCUT2D eigenvalue weighted by atomic mass is 32.2. The van der Waals surface area contributed by atoms with Crippen LogP contribution in [0.4, 0.5) is 5.69 Å². The third-order valence-corrected chi connectivity index (χ3v) is 6.65. The normalized spacial score (nSPS) is 11.4. The van der Waals surface area contributed by atoms with Crippen LogP contribution >= 0.6 is 0 Å². The number of carbonyl (C=O) groups is 1. The fourth-order valence-electron chi connectivity index (χ4n) is 2.77. The van der Waals surface area contributed by atoms with Gasteiger partial charge in [0, 0.05) is 30.9 Å². The van der Waals surface area contributed by atoms with Crippen molar-refractivity contribution in [2.24, 2.45) is 0 Å². The zero-order valence-corrected chi connectivity index (χ0v) is 17.2. The van der Waals surface area contributed by atoms with Gasteiger partial charge in [-0.1, -0.05) is 12.1 Å². The van der Waals surface area contributed by atoms with Crippen molar-refractivity contribution in [3.8, 4) is 0 Å². The molecule has 0 spiro atoms. The van der Waals surface area contributed by atoms with Crippen LogP contribution in [0.2, 0.25) is 0 Å². The predicted molar refractivity (Wildman–Crippen MR) is 110 cm³/mol. The number of nitrogens with zero attached hydrogens (tertiary/aromatic N) is 1. The Morgan fingerprint density at radius 3 is 2.33 bits per heavy atom. The molecule has 0 unspecified atom stereocenters. The van der Waals surface area contributed by atoms with Crippen LogP contribution in [-0.4, -0.2) is 39.2 Å². The average Bonchev–Trinajstić information content (AvgIpc) is 2.65. The van der Waals surface area contributed by atoms with Gasteiger partial charge < -0.3 is 10.2 Å². The van der Waals surface area contributed by atoms with Crippen molar-refractivity contribution in [2.75, 3.05) is 24.5 Å². The van der Waals surface area contributed by atoms with Crippen LogP contribution in [0.15, 0.2) is 53.4 Å². The van der Waals surface area contributed by atoms with E-state index in [0.717, 1.165) is 12.2 Å². The Balaban J connectivity index is 1.95. The minimum Gasteiger partial charge on any atom is -0.370 e. The fourth-order valence-corrected chi connectivity index (χ4v) is 3.83. The lowest BCUT2D eigenvalue weighted by Crippen LogP contribution is -2.35. The number of anilines is 1. The number of hydrogen-bond acceptors (Lipinski definition) is 4. The maximum Gasteiger partial charge on any atom is 0.251 e. The Kier molecular flexibility index (Phi) is 7.02. The molecule has 2 aromatic rings. The van der Waals surface area contributed by atoms with Gasteiger partial charge in [0.2, 0.25) is 0 Å². The highest BCUT2D eigenvalue weighted by Gasteiger charge is 2.19. The summed E-state index contributed by atoms with van der Waals surface area (Å²) in [5, 5.41) is 2.41. The Bertz CT molecular complexity index is 875. The molecule has 1 N–H and O–H groups in total. The van der Waals surface area contributed by atoms with Crippen LogP contribution in [-0.2, 0) is 9.84 Å². The zero-order chi connectivity index (χ0) is 20.0. The van der Waals surface area contributed by atoms with Gasteiger partial charge in [0.25, 0.3) is 5.91 Å². The summed E-state index contributed by atoms with van der Waals surface area (Å²) in [5.74, 6) is -0.205. The summed E-state index contributed by atoms with van der Waals surface area (Å²) in [6.07, 6.45) is 0. The summed E-state index contributed by atoms with van der Waals surface area (Å²) in [6, 6.07) is 14.4. The SMILES string of the molecule is CCN(CCNC(=O)c1ccc(S(=O)(=O)C(C)C)cc1)c1cccc(C)c1. The van der Waals surface area contributed by atoms with E-state index in [1.807, 2.05) is 6.07 Å². The first kappa shape index (κ1) is 21.0. The largest absolute Gasteiger partial charge is 0.370 e. The number of sulfone groups is 1. The summed E-state index contributed by atoms with van der Waals surface area (Å²) in [7, 11) is -3.32. The van der Waals surface area contributed by atoms with Gasteiger partial charge in [-0.2, -0.15) is 0 Å². The number of rotatable bonds is 8. The second-order valence-corrected chi connectivity index (χ2v) is 9.30. The number of aryl methyl sites for hydroxylation is 1. The number of hydrogen-bond donors (Lipinski definition) is 1. The maximum absolute atomic E-state index is 12.3. The van der Waals surface area contributed by atoms with E-state index < -0.39 is 15.1 Å². The molecule has 0 bridgehead atoms. The first-order valence-electron chi connectivity index (χ1n) is 9.19. The zero-order valence-electron chi connectivity index (χ0n) is 16.4. The molecule has 5 nitrogen and oxygen atoms in total. The smallest absolute Gasteiger partial charge is 0.251 e. The molecule has 0 atom stereocenters. The van der Waals surface area contributed by atoms with Gasteiger partial charge in [-0.15, -0.1) is 0 Å². The third-order valence-electron chi connectivity index (χ3n) is 4.48. The maximum atomic E-state index is 12.3. The molecule has 0 aromatic heterocycles. The summed E-state index contributed by atoms with van der Waals surface area (Å²) in [4.78, 5) is 14.8. The predicted octanol–water partition coefficient (Wildman–Crippen LogP) is 3.43. The molecular formula is C21H28N2O3S. The van der Waals surface area contributed by atoms with Gasteiger partial charge in [-0.05, 0) is 69.7 Å². The van der Waals surface area contributed by atoms with Crippen LogP contribution in [0.25, 0.3) is 0 Å². The summed E-state index contributed by atoms with van der Waals surface area (Å²) in [5.41, 5.74) is 2.79. The Hall–Kier alpha value is -2.34. The Morgan fingerprint density at radius 1 is 1.11 bits per heavy atom. The van der Waals surface area contributed by atoms with Gasteiger partial charge in [0.1, 0.15) is 0 Å². The monoisotopic (exact) mass is 388 g/mol. The van der Waals surface area contributed by atoms with Gasteiger partial charge in [-0.3, -0.25) is 4.79 Å². The molecule has 27 heavy (non-hydrogen) atoms. The Morgan fingerprint density at radius 2 is 1.78 bits per heavy atom. The molecule has 0 heterocycles. The number of likely N-dealkylation sites (N-methyl/N-ethyl adjacent to an activating group) is 1. The van der Waals surface area contributed by atoms with Crippen LogP contribution < -0.4 is 10.2 Å². The summed E-state index contributed by atoms with van der Waals surface area (Å²) >= 11 is 0. The van der Waals surface area contributed by atoms with Crippen molar-refractivity contribution in [3.63, 3.8) is 0 Å². The number of benzene rings is 2.